The van der Waals surface area contributed by atoms with Gasteiger partial charge in [-0.15, -0.1) is 0 Å². The summed E-state index contributed by atoms with van der Waals surface area (Å²) in [5, 5.41) is 3.24. The number of carbonyl (C=O) groups is 1. The molecular formula is C25H19ClN2O. The van der Waals surface area contributed by atoms with Gasteiger partial charge in [0.2, 0.25) is 5.91 Å². The van der Waals surface area contributed by atoms with E-state index in [1.165, 1.54) is 6.92 Å². The van der Waals surface area contributed by atoms with E-state index in [2.05, 4.69) is 17.4 Å². The fourth-order valence-electron chi connectivity index (χ4n) is 3.20. The van der Waals surface area contributed by atoms with Crippen LogP contribution < -0.4 is 5.32 Å². The second-order valence-corrected chi connectivity index (χ2v) is 7.14. The maximum atomic E-state index is 11.3. The largest absolute Gasteiger partial charge is 0.325 e. The summed E-state index contributed by atoms with van der Waals surface area (Å²) < 4.78 is 0. The number of nitrogens with zero attached hydrogens (tertiary/aromatic N) is 1. The molecule has 1 N–H and O–H groups in total. The Labute approximate surface area is 175 Å². The lowest BCUT2D eigenvalue weighted by atomic mass is 10.00. The molecule has 0 atom stereocenters. The van der Waals surface area contributed by atoms with Crippen molar-refractivity contribution in [3.63, 3.8) is 0 Å². The van der Waals surface area contributed by atoms with Crippen LogP contribution in [0.4, 0.5) is 5.69 Å². The zero-order valence-corrected chi connectivity index (χ0v) is 16.6. The third-order valence-electron chi connectivity index (χ3n) is 4.58. The monoisotopic (exact) mass is 398 g/mol. The maximum absolute atomic E-state index is 11.3. The number of aromatic nitrogens is 1. The molecule has 0 aliphatic heterocycles. The molecule has 0 saturated carbocycles. The minimum Gasteiger partial charge on any atom is -0.325 e. The first-order valence-electron chi connectivity index (χ1n) is 9.30. The van der Waals surface area contributed by atoms with Crippen LogP contribution in [0.25, 0.3) is 33.6 Å². The number of halogens is 1. The maximum Gasteiger partial charge on any atom is 0.221 e. The van der Waals surface area contributed by atoms with Gasteiger partial charge in [-0.1, -0.05) is 78.3 Å². The SMILES string of the molecule is CC(=O)Nc1ccc(-c2cc(-c3ccccc3)nc(-c3ccccc3)c2)cc1Cl. The number of benzene rings is 3. The van der Waals surface area contributed by atoms with Gasteiger partial charge in [0.15, 0.2) is 0 Å². The molecule has 0 radical (unpaired) electrons. The van der Waals surface area contributed by atoms with E-state index in [0.29, 0.717) is 10.7 Å². The first kappa shape index (κ1) is 18.9. The molecule has 1 heterocycles. The van der Waals surface area contributed by atoms with Crippen molar-refractivity contribution in [2.45, 2.75) is 6.92 Å². The zero-order valence-electron chi connectivity index (χ0n) is 15.9. The van der Waals surface area contributed by atoms with Crippen molar-refractivity contribution in [3.8, 4) is 33.6 Å². The lowest BCUT2D eigenvalue weighted by molar-refractivity contribution is -0.114. The number of nitrogens with one attached hydrogen (secondary N) is 1. The van der Waals surface area contributed by atoms with Crippen LogP contribution in [0.2, 0.25) is 5.02 Å². The Morgan fingerprint density at radius 2 is 1.28 bits per heavy atom. The number of hydrogen-bond donors (Lipinski definition) is 1. The molecule has 1 amide bonds. The minimum atomic E-state index is -0.152. The summed E-state index contributed by atoms with van der Waals surface area (Å²) in [6.45, 7) is 1.46. The average Bonchev–Trinajstić information content (AvgIpc) is 2.76. The predicted molar refractivity (Wildman–Crippen MR) is 120 cm³/mol. The highest BCUT2D eigenvalue weighted by Crippen LogP contribution is 2.33. The number of carbonyl (C=O) groups excluding carboxylic acids is 1. The Bertz CT molecular complexity index is 1100. The number of pyridine rings is 1. The average molecular weight is 399 g/mol. The third-order valence-corrected chi connectivity index (χ3v) is 4.89. The van der Waals surface area contributed by atoms with Crippen LogP contribution in [-0.4, -0.2) is 10.9 Å². The molecule has 4 rings (SSSR count). The molecule has 142 valence electrons. The Kier molecular flexibility index (Phi) is 5.41. The second kappa shape index (κ2) is 8.29. The summed E-state index contributed by atoms with van der Waals surface area (Å²) >= 11 is 6.41. The van der Waals surface area contributed by atoms with Crippen LogP contribution in [0.1, 0.15) is 6.92 Å². The lowest BCUT2D eigenvalue weighted by Crippen LogP contribution is -2.06. The van der Waals surface area contributed by atoms with Gasteiger partial charge >= 0.3 is 0 Å². The number of amides is 1. The molecule has 29 heavy (non-hydrogen) atoms. The van der Waals surface area contributed by atoms with Crippen LogP contribution in [-0.2, 0) is 4.79 Å². The molecule has 4 aromatic rings. The van der Waals surface area contributed by atoms with E-state index in [0.717, 1.165) is 33.6 Å². The quantitative estimate of drug-likeness (QED) is 0.415. The number of rotatable bonds is 4. The molecule has 0 bridgehead atoms. The van der Waals surface area contributed by atoms with E-state index < -0.39 is 0 Å². The van der Waals surface area contributed by atoms with Crippen LogP contribution in [0, 0.1) is 0 Å². The van der Waals surface area contributed by atoms with Gasteiger partial charge in [-0.2, -0.15) is 0 Å². The van der Waals surface area contributed by atoms with Gasteiger partial charge in [0.1, 0.15) is 0 Å². The van der Waals surface area contributed by atoms with Gasteiger partial charge < -0.3 is 5.32 Å². The second-order valence-electron chi connectivity index (χ2n) is 6.73. The van der Waals surface area contributed by atoms with Crippen LogP contribution in [0.3, 0.4) is 0 Å². The number of hydrogen-bond acceptors (Lipinski definition) is 2. The molecule has 0 aliphatic rings. The smallest absolute Gasteiger partial charge is 0.221 e. The third kappa shape index (κ3) is 4.36. The van der Waals surface area contributed by atoms with Crippen molar-refractivity contribution in [1.82, 2.24) is 4.98 Å². The molecule has 0 saturated heterocycles. The van der Waals surface area contributed by atoms with Crippen LogP contribution in [0.15, 0.2) is 91.0 Å². The highest BCUT2D eigenvalue weighted by Gasteiger charge is 2.10. The Hall–Kier alpha value is -3.43. The summed E-state index contributed by atoms with van der Waals surface area (Å²) in [5.41, 5.74) is 6.45. The molecule has 0 unspecified atom stereocenters. The van der Waals surface area contributed by atoms with Gasteiger partial charge in [0.05, 0.1) is 22.1 Å². The van der Waals surface area contributed by atoms with Crippen LogP contribution >= 0.6 is 11.6 Å². The summed E-state index contributed by atoms with van der Waals surface area (Å²) in [5.74, 6) is -0.152. The Morgan fingerprint density at radius 1 is 0.724 bits per heavy atom. The van der Waals surface area contributed by atoms with E-state index in [-0.39, 0.29) is 5.91 Å². The highest BCUT2D eigenvalue weighted by atomic mass is 35.5. The van der Waals surface area contributed by atoms with Crippen molar-refractivity contribution in [2.75, 3.05) is 5.32 Å². The van der Waals surface area contributed by atoms with Crippen molar-refractivity contribution in [3.05, 3.63) is 96.0 Å². The summed E-state index contributed by atoms with van der Waals surface area (Å²) in [7, 11) is 0. The number of anilines is 1. The van der Waals surface area contributed by atoms with Gasteiger partial charge in [-0.3, -0.25) is 4.79 Å². The molecule has 0 spiro atoms. The molecule has 3 nitrogen and oxygen atoms in total. The summed E-state index contributed by atoms with van der Waals surface area (Å²) in [6, 6.07) is 30.0. The standard InChI is InChI=1S/C25H19ClN2O/c1-17(29)27-23-13-12-20(14-22(23)26)21-15-24(18-8-4-2-5-9-18)28-25(16-21)19-10-6-3-7-11-19/h2-16H,1H3,(H,27,29). The van der Waals surface area contributed by atoms with Crippen molar-refractivity contribution in [2.24, 2.45) is 0 Å². The molecule has 1 aromatic heterocycles. The van der Waals surface area contributed by atoms with Gasteiger partial charge in [-0.05, 0) is 35.4 Å². The topological polar surface area (TPSA) is 42.0 Å². The summed E-state index contributed by atoms with van der Waals surface area (Å²) in [6.07, 6.45) is 0. The highest BCUT2D eigenvalue weighted by molar-refractivity contribution is 6.34. The fourth-order valence-corrected chi connectivity index (χ4v) is 3.42. The predicted octanol–water partition coefficient (Wildman–Crippen LogP) is 6.69. The first-order chi connectivity index (χ1) is 14.1. The normalized spacial score (nSPS) is 10.6. The molecule has 0 fully saturated rings. The van der Waals surface area contributed by atoms with E-state index in [1.54, 1.807) is 0 Å². The van der Waals surface area contributed by atoms with Crippen molar-refractivity contribution < 1.29 is 4.79 Å². The van der Waals surface area contributed by atoms with Gasteiger partial charge in [-0.25, -0.2) is 4.98 Å². The molecule has 0 aliphatic carbocycles. The Morgan fingerprint density at radius 3 is 1.76 bits per heavy atom. The molecule has 3 aromatic carbocycles. The Balaban J connectivity index is 1.85. The van der Waals surface area contributed by atoms with Gasteiger partial charge in [0.25, 0.3) is 0 Å². The van der Waals surface area contributed by atoms with Gasteiger partial charge in [0, 0.05) is 18.1 Å². The minimum absolute atomic E-state index is 0.152. The fraction of sp³-hybridized carbons (Fsp3) is 0.0400. The zero-order chi connectivity index (χ0) is 20.2. The lowest BCUT2D eigenvalue weighted by Gasteiger charge is -2.12. The van der Waals surface area contributed by atoms with Crippen molar-refractivity contribution >= 4 is 23.2 Å². The van der Waals surface area contributed by atoms with E-state index in [1.807, 2.05) is 78.9 Å². The van der Waals surface area contributed by atoms with E-state index in [9.17, 15) is 4.79 Å². The van der Waals surface area contributed by atoms with E-state index >= 15 is 0 Å². The first-order valence-corrected chi connectivity index (χ1v) is 9.68. The van der Waals surface area contributed by atoms with Crippen LogP contribution in [0.5, 0.6) is 0 Å². The molecular weight excluding hydrogens is 380 g/mol. The van der Waals surface area contributed by atoms with E-state index in [4.69, 9.17) is 16.6 Å². The summed E-state index contributed by atoms with van der Waals surface area (Å²) in [4.78, 5) is 16.2. The molecule has 4 heteroatoms. The van der Waals surface area contributed by atoms with Crippen molar-refractivity contribution in [1.29, 1.82) is 0 Å².